The van der Waals surface area contributed by atoms with E-state index in [0.717, 1.165) is 18.2 Å². The molecule has 0 fully saturated rings. The van der Waals surface area contributed by atoms with Crippen molar-refractivity contribution in [3.8, 4) is 0 Å². The van der Waals surface area contributed by atoms with Gasteiger partial charge >= 0.3 is 0 Å². The molecule has 108 valence electrons. The Hall–Kier alpha value is -1.82. The van der Waals surface area contributed by atoms with Gasteiger partial charge in [0.15, 0.2) is 5.78 Å². The van der Waals surface area contributed by atoms with Gasteiger partial charge in [0.2, 0.25) is 5.91 Å². The zero-order chi connectivity index (χ0) is 15.1. The first-order chi connectivity index (χ1) is 9.43. The van der Waals surface area contributed by atoms with E-state index in [9.17, 15) is 14.4 Å². The van der Waals surface area contributed by atoms with E-state index in [4.69, 9.17) is 5.73 Å². The second-order valence-corrected chi connectivity index (χ2v) is 5.54. The summed E-state index contributed by atoms with van der Waals surface area (Å²) < 4.78 is 0. The molecular weight excluding hydrogens is 276 g/mol. The summed E-state index contributed by atoms with van der Waals surface area (Å²) in [5.74, 6) is -0.290. The van der Waals surface area contributed by atoms with Crippen LogP contribution in [0.25, 0.3) is 0 Å². The Bertz CT molecular complexity index is 500. The molecule has 0 saturated carbocycles. The van der Waals surface area contributed by atoms with Crippen LogP contribution in [0.1, 0.15) is 37.0 Å². The zero-order valence-electron chi connectivity index (χ0n) is 11.5. The third-order valence-corrected chi connectivity index (χ3v) is 3.63. The average molecular weight is 294 g/mol. The molecule has 1 rings (SSSR count). The van der Waals surface area contributed by atoms with Crippen LogP contribution in [0.15, 0.2) is 24.3 Å². The van der Waals surface area contributed by atoms with Gasteiger partial charge in [0.05, 0.1) is 5.25 Å². The van der Waals surface area contributed by atoms with E-state index in [-0.39, 0.29) is 11.7 Å². The van der Waals surface area contributed by atoms with Gasteiger partial charge in [-0.1, -0.05) is 25.1 Å². The minimum Gasteiger partial charge on any atom is -0.360 e. The van der Waals surface area contributed by atoms with Crippen LogP contribution in [0.2, 0.25) is 0 Å². The number of rotatable bonds is 6. The summed E-state index contributed by atoms with van der Waals surface area (Å²) >= 11 is 0.832. The van der Waals surface area contributed by atoms with Crippen molar-refractivity contribution in [1.82, 2.24) is 0 Å². The Morgan fingerprint density at radius 1 is 1.25 bits per heavy atom. The van der Waals surface area contributed by atoms with Crippen LogP contribution < -0.4 is 11.1 Å². The van der Waals surface area contributed by atoms with Gasteiger partial charge in [0.25, 0.3) is 5.24 Å². The fourth-order valence-electron chi connectivity index (χ4n) is 1.66. The molecule has 20 heavy (non-hydrogen) atoms. The minimum absolute atomic E-state index is 0.0315. The Labute approximate surface area is 122 Å². The standard InChI is InChI=1S/C14H18N2O3S/c1-3-4-12(20-14(15)19)13(18)16-11-7-5-10(6-8-11)9(2)17/h5-8,12H,3-4H2,1-2H3,(H2,15,19)(H,16,18). The Morgan fingerprint density at radius 3 is 2.30 bits per heavy atom. The molecule has 0 saturated heterocycles. The smallest absolute Gasteiger partial charge is 0.277 e. The number of primary amides is 1. The predicted octanol–water partition coefficient (Wildman–Crippen LogP) is 2.81. The molecule has 0 heterocycles. The molecule has 1 unspecified atom stereocenters. The molecule has 0 aromatic heterocycles. The number of amides is 2. The number of nitrogens with two attached hydrogens (primary N) is 1. The lowest BCUT2D eigenvalue weighted by molar-refractivity contribution is -0.115. The molecule has 0 aliphatic heterocycles. The van der Waals surface area contributed by atoms with E-state index in [2.05, 4.69) is 5.32 Å². The van der Waals surface area contributed by atoms with Crippen molar-refractivity contribution in [1.29, 1.82) is 0 Å². The maximum atomic E-state index is 12.1. The summed E-state index contributed by atoms with van der Waals surface area (Å²) in [5, 5.41) is 1.66. The van der Waals surface area contributed by atoms with Gasteiger partial charge in [-0.2, -0.15) is 0 Å². The Morgan fingerprint density at radius 2 is 1.85 bits per heavy atom. The van der Waals surface area contributed by atoms with Crippen molar-refractivity contribution in [3.63, 3.8) is 0 Å². The number of Topliss-reactive ketones (excluding diaryl/α,β-unsaturated/α-hetero) is 1. The molecule has 3 N–H and O–H groups in total. The number of hydrogen-bond acceptors (Lipinski definition) is 4. The lowest BCUT2D eigenvalue weighted by atomic mass is 10.1. The second-order valence-electron chi connectivity index (χ2n) is 4.34. The zero-order valence-corrected chi connectivity index (χ0v) is 12.3. The number of carbonyl (C=O) groups is 3. The fraction of sp³-hybridized carbons (Fsp3) is 0.357. The molecule has 1 aromatic rings. The number of nitrogens with one attached hydrogen (secondary N) is 1. The van der Waals surface area contributed by atoms with E-state index in [0.29, 0.717) is 17.7 Å². The fourth-order valence-corrected chi connectivity index (χ4v) is 2.46. The highest BCUT2D eigenvalue weighted by Gasteiger charge is 2.20. The van der Waals surface area contributed by atoms with Gasteiger partial charge in [0.1, 0.15) is 0 Å². The van der Waals surface area contributed by atoms with Crippen LogP contribution in [0.5, 0.6) is 0 Å². The van der Waals surface area contributed by atoms with Gasteiger partial charge in [-0.05, 0) is 37.6 Å². The number of hydrogen-bond donors (Lipinski definition) is 2. The van der Waals surface area contributed by atoms with Gasteiger partial charge in [-0.25, -0.2) is 0 Å². The molecule has 0 aliphatic rings. The molecule has 2 amide bonds. The third-order valence-electron chi connectivity index (χ3n) is 2.66. The van der Waals surface area contributed by atoms with E-state index in [1.54, 1.807) is 24.3 Å². The van der Waals surface area contributed by atoms with E-state index in [1.807, 2.05) is 6.92 Å². The summed E-state index contributed by atoms with van der Waals surface area (Å²) in [6.45, 7) is 3.41. The number of anilines is 1. The highest BCUT2D eigenvalue weighted by atomic mass is 32.2. The van der Waals surface area contributed by atoms with Gasteiger partial charge in [-0.3, -0.25) is 14.4 Å². The number of thioether (sulfide) groups is 1. The van der Waals surface area contributed by atoms with Crippen LogP contribution in [0.3, 0.4) is 0 Å². The Balaban J connectivity index is 2.71. The number of ketones is 1. The first-order valence-corrected chi connectivity index (χ1v) is 7.20. The normalized spacial score (nSPS) is 11.7. The van der Waals surface area contributed by atoms with Crippen molar-refractivity contribution in [3.05, 3.63) is 29.8 Å². The summed E-state index contributed by atoms with van der Waals surface area (Å²) in [6.07, 6.45) is 1.35. The molecular formula is C14H18N2O3S. The van der Waals surface area contributed by atoms with E-state index < -0.39 is 10.5 Å². The van der Waals surface area contributed by atoms with Crippen molar-refractivity contribution >= 4 is 34.4 Å². The molecule has 0 bridgehead atoms. The van der Waals surface area contributed by atoms with Crippen LogP contribution in [-0.4, -0.2) is 22.2 Å². The monoisotopic (exact) mass is 294 g/mol. The molecule has 0 spiro atoms. The number of benzene rings is 1. The van der Waals surface area contributed by atoms with Crippen LogP contribution >= 0.6 is 11.8 Å². The molecule has 5 nitrogen and oxygen atoms in total. The molecule has 1 atom stereocenters. The van der Waals surface area contributed by atoms with Crippen molar-refractivity contribution < 1.29 is 14.4 Å². The van der Waals surface area contributed by atoms with Crippen molar-refractivity contribution in [2.24, 2.45) is 5.73 Å². The lowest BCUT2D eigenvalue weighted by Crippen LogP contribution is -2.27. The third kappa shape index (κ3) is 5.05. The summed E-state index contributed by atoms with van der Waals surface area (Å²) in [4.78, 5) is 34.1. The van der Waals surface area contributed by atoms with Crippen LogP contribution in [0.4, 0.5) is 10.5 Å². The molecule has 6 heteroatoms. The van der Waals surface area contributed by atoms with E-state index in [1.165, 1.54) is 6.92 Å². The maximum Gasteiger partial charge on any atom is 0.277 e. The quantitative estimate of drug-likeness (QED) is 0.789. The molecule has 0 aliphatic carbocycles. The largest absolute Gasteiger partial charge is 0.360 e. The topological polar surface area (TPSA) is 89.3 Å². The maximum absolute atomic E-state index is 12.1. The molecule has 1 aromatic carbocycles. The van der Waals surface area contributed by atoms with Crippen LogP contribution in [-0.2, 0) is 4.79 Å². The summed E-state index contributed by atoms with van der Waals surface area (Å²) in [6, 6.07) is 6.61. The molecule has 0 radical (unpaired) electrons. The van der Waals surface area contributed by atoms with Crippen molar-refractivity contribution in [2.45, 2.75) is 31.9 Å². The highest BCUT2D eigenvalue weighted by Crippen LogP contribution is 2.19. The Kier molecular flexibility index (Phi) is 6.24. The van der Waals surface area contributed by atoms with E-state index >= 15 is 0 Å². The first kappa shape index (κ1) is 16.2. The lowest BCUT2D eigenvalue weighted by Gasteiger charge is -2.14. The minimum atomic E-state index is -0.564. The SMILES string of the molecule is CCCC(SC(N)=O)C(=O)Nc1ccc(C(C)=O)cc1. The second kappa shape index (κ2) is 7.69. The van der Waals surface area contributed by atoms with Gasteiger partial charge in [0, 0.05) is 11.3 Å². The summed E-state index contributed by atoms with van der Waals surface area (Å²) in [7, 11) is 0. The van der Waals surface area contributed by atoms with Gasteiger partial charge in [-0.15, -0.1) is 0 Å². The van der Waals surface area contributed by atoms with Crippen LogP contribution in [0, 0.1) is 0 Å². The predicted molar refractivity (Wildman–Crippen MR) is 80.9 cm³/mol. The number of carbonyl (C=O) groups excluding carboxylic acids is 3. The average Bonchev–Trinajstić information content (AvgIpc) is 2.38. The van der Waals surface area contributed by atoms with Gasteiger partial charge < -0.3 is 11.1 Å². The summed E-state index contributed by atoms with van der Waals surface area (Å²) in [5.41, 5.74) is 6.29. The highest BCUT2D eigenvalue weighted by molar-refractivity contribution is 8.14. The first-order valence-electron chi connectivity index (χ1n) is 6.32. The van der Waals surface area contributed by atoms with Crippen molar-refractivity contribution in [2.75, 3.05) is 5.32 Å².